The molecule has 1 amide bonds. The maximum absolute atomic E-state index is 13.7. The monoisotopic (exact) mass is 570 g/mol. The third-order valence-electron chi connectivity index (χ3n) is 6.57. The Labute approximate surface area is 235 Å². The van der Waals surface area contributed by atoms with Crippen molar-refractivity contribution in [2.75, 3.05) is 12.0 Å². The Morgan fingerprint density at radius 2 is 2.10 bits per heavy atom. The van der Waals surface area contributed by atoms with Crippen LogP contribution in [0.25, 0.3) is 0 Å². The van der Waals surface area contributed by atoms with Gasteiger partial charge in [0.15, 0.2) is 0 Å². The van der Waals surface area contributed by atoms with E-state index >= 15 is 0 Å². The zero-order chi connectivity index (χ0) is 27.7. The van der Waals surface area contributed by atoms with Gasteiger partial charge in [0, 0.05) is 24.0 Å². The number of imidazole rings is 1. The van der Waals surface area contributed by atoms with Gasteiger partial charge in [-0.2, -0.15) is 11.8 Å². The number of nitrogens with one attached hydrogen (secondary N) is 1. The van der Waals surface area contributed by atoms with E-state index < -0.39 is 35.5 Å². The van der Waals surface area contributed by atoms with Gasteiger partial charge in [0.05, 0.1) is 18.8 Å². The minimum absolute atomic E-state index is 0.306. The van der Waals surface area contributed by atoms with Gasteiger partial charge in [0.25, 0.3) is 0 Å². The molecule has 3 unspecified atom stereocenters. The van der Waals surface area contributed by atoms with E-state index in [0.717, 1.165) is 10.6 Å². The van der Waals surface area contributed by atoms with Gasteiger partial charge in [0.1, 0.15) is 28.6 Å². The van der Waals surface area contributed by atoms with Gasteiger partial charge in [-0.15, -0.1) is 11.3 Å². The van der Waals surface area contributed by atoms with Crippen molar-refractivity contribution in [3.63, 3.8) is 0 Å². The summed E-state index contributed by atoms with van der Waals surface area (Å²) in [6, 6.07) is 5.23. The van der Waals surface area contributed by atoms with Crippen LogP contribution in [0, 0.1) is 11.7 Å². The van der Waals surface area contributed by atoms with Crippen molar-refractivity contribution in [3.8, 4) is 0 Å². The molecule has 8 nitrogen and oxygen atoms in total. The van der Waals surface area contributed by atoms with Crippen LogP contribution in [0.5, 0.6) is 0 Å². The van der Waals surface area contributed by atoms with Crippen LogP contribution in [0.15, 0.2) is 78.9 Å². The topological polar surface area (TPSA) is 106 Å². The first-order valence-electron chi connectivity index (χ1n) is 12.6. The van der Waals surface area contributed by atoms with Gasteiger partial charge >= 0.3 is 5.97 Å². The highest BCUT2D eigenvalue weighted by Crippen LogP contribution is 2.39. The molecule has 11 heteroatoms. The molecule has 2 aromatic heterocycles. The standard InChI is InChI=1S/C28H31FN4O4S2/c1-38-16-10-23(27(35)36)32-25(34)22-4-2-3-11-28(22,12-9-20-5-7-21(29)8-6-20)37-24(26-31-14-17-39-26)18-33-15-13-30-19-33/h2-8,11,13-15,17,19,22-24H,9-10,12,16,18H2,1H3,(H,32,34)(H,35,36)/t22?,23-,24?,28?/m0/s1. The molecular formula is C28H31FN4O4S2. The summed E-state index contributed by atoms with van der Waals surface area (Å²) >= 11 is 2.98. The quantitative estimate of drug-likeness (QED) is 0.290. The van der Waals surface area contributed by atoms with Crippen molar-refractivity contribution < 1.29 is 23.8 Å². The second kappa shape index (κ2) is 13.7. The number of thioether (sulfide) groups is 1. The predicted molar refractivity (Wildman–Crippen MR) is 150 cm³/mol. The lowest BCUT2D eigenvalue weighted by Crippen LogP contribution is -2.52. The van der Waals surface area contributed by atoms with E-state index in [1.54, 1.807) is 43.0 Å². The highest BCUT2D eigenvalue weighted by molar-refractivity contribution is 7.98. The summed E-state index contributed by atoms with van der Waals surface area (Å²) in [5.41, 5.74) is -0.225. The smallest absolute Gasteiger partial charge is 0.326 e. The van der Waals surface area contributed by atoms with Gasteiger partial charge in [0.2, 0.25) is 5.91 Å². The number of amides is 1. The molecule has 0 radical (unpaired) electrons. The number of aromatic nitrogens is 3. The van der Waals surface area contributed by atoms with E-state index in [-0.39, 0.29) is 5.82 Å². The molecule has 1 aliphatic rings. The number of nitrogens with zero attached hydrogens (tertiary/aromatic N) is 3. The van der Waals surface area contributed by atoms with Gasteiger partial charge in [-0.25, -0.2) is 19.2 Å². The summed E-state index contributed by atoms with van der Waals surface area (Å²) in [5, 5.41) is 15.1. The molecule has 3 aromatic rings. The normalized spacial score (nSPS) is 20.0. The number of benzene rings is 1. The Morgan fingerprint density at radius 1 is 1.28 bits per heavy atom. The highest BCUT2D eigenvalue weighted by Gasteiger charge is 2.44. The lowest BCUT2D eigenvalue weighted by Gasteiger charge is -2.40. The van der Waals surface area contributed by atoms with Crippen LogP contribution >= 0.6 is 23.1 Å². The molecule has 0 saturated heterocycles. The Morgan fingerprint density at radius 3 is 2.77 bits per heavy atom. The lowest BCUT2D eigenvalue weighted by molar-refractivity contribution is -0.148. The van der Waals surface area contributed by atoms with Crippen molar-refractivity contribution in [2.24, 2.45) is 5.92 Å². The van der Waals surface area contributed by atoms with E-state index in [1.165, 1.54) is 35.2 Å². The Bertz CT molecular complexity index is 1270. The molecular weight excluding hydrogens is 539 g/mol. The number of halogens is 1. The zero-order valence-electron chi connectivity index (χ0n) is 21.5. The SMILES string of the molecule is CSCC[C@H](NC(=O)C1C=CC=CC1(CCc1ccc(F)cc1)OC(Cn1ccnc1)c1nccs1)C(=O)O. The fraction of sp³-hybridized carbons (Fsp3) is 0.357. The second-order valence-electron chi connectivity index (χ2n) is 9.22. The van der Waals surface area contributed by atoms with Crippen LogP contribution in [-0.4, -0.2) is 55.2 Å². The van der Waals surface area contributed by atoms with Gasteiger partial charge < -0.3 is 19.7 Å². The number of carbonyl (C=O) groups excluding carboxylic acids is 1. The first-order valence-corrected chi connectivity index (χ1v) is 14.8. The number of hydrogen-bond donors (Lipinski definition) is 2. The first-order chi connectivity index (χ1) is 18.9. The Hall–Kier alpha value is -3.28. The van der Waals surface area contributed by atoms with E-state index in [4.69, 9.17) is 4.74 Å². The number of carboxylic acid groups (broad SMARTS) is 1. The number of thiazole rings is 1. The summed E-state index contributed by atoms with van der Waals surface area (Å²) in [5.74, 6) is -2.03. The van der Waals surface area contributed by atoms with Crippen LogP contribution in [0.1, 0.15) is 29.5 Å². The van der Waals surface area contributed by atoms with E-state index in [2.05, 4.69) is 15.3 Å². The minimum Gasteiger partial charge on any atom is -0.480 e. The molecule has 4 rings (SSSR count). The fourth-order valence-electron chi connectivity index (χ4n) is 4.54. The molecule has 0 aliphatic heterocycles. The van der Waals surface area contributed by atoms with Crippen molar-refractivity contribution in [1.29, 1.82) is 0 Å². The molecule has 0 bridgehead atoms. The summed E-state index contributed by atoms with van der Waals surface area (Å²) in [6.07, 6.45) is 16.7. The Kier molecular flexibility index (Phi) is 10.1. The summed E-state index contributed by atoms with van der Waals surface area (Å²) < 4.78 is 22.3. The lowest BCUT2D eigenvalue weighted by atomic mass is 9.78. The van der Waals surface area contributed by atoms with E-state index in [0.29, 0.717) is 31.6 Å². The first kappa shape index (κ1) is 28.7. The van der Waals surface area contributed by atoms with Gasteiger partial charge in [-0.05, 0) is 49.0 Å². The van der Waals surface area contributed by atoms with Crippen molar-refractivity contribution in [3.05, 3.63) is 95.3 Å². The largest absolute Gasteiger partial charge is 0.480 e. The molecule has 0 fully saturated rings. The summed E-state index contributed by atoms with van der Waals surface area (Å²) in [4.78, 5) is 34.2. The third kappa shape index (κ3) is 7.65. The number of ether oxygens (including phenoxy) is 1. The van der Waals surface area contributed by atoms with Gasteiger partial charge in [-0.1, -0.05) is 36.4 Å². The number of rotatable bonds is 14. The molecule has 1 aliphatic carbocycles. The predicted octanol–water partition coefficient (Wildman–Crippen LogP) is 4.67. The number of aliphatic carboxylic acids is 1. The van der Waals surface area contributed by atoms with Crippen molar-refractivity contribution >= 4 is 35.0 Å². The molecule has 39 heavy (non-hydrogen) atoms. The number of carboxylic acids is 1. The summed E-state index contributed by atoms with van der Waals surface area (Å²) in [6.45, 7) is 0.420. The molecule has 2 heterocycles. The van der Waals surface area contributed by atoms with Crippen LogP contribution in [0.4, 0.5) is 4.39 Å². The molecule has 4 atom stereocenters. The Balaban J connectivity index is 1.66. The second-order valence-corrected chi connectivity index (χ2v) is 11.1. The average Bonchev–Trinajstić information content (AvgIpc) is 3.65. The van der Waals surface area contributed by atoms with E-state index in [1.807, 2.05) is 34.6 Å². The minimum atomic E-state index is -1.12. The number of aryl methyl sites for hydroxylation is 1. The average molecular weight is 571 g/mol. The number of allylic oxidation sites excluding steroid dienone is 2. The van der Waals surface area contributed by atoms with Crippen LogP contribution < -0.4 is 5.32 Å². The molecule has 0 spiro atoms. The fourth-order valence-corrected chi connectivity index (χ4v) is 5.66. The van der Waals surface area contributed by atoms with Crippen LogP contribution in [0.3, 0.4) is 0 Å². The third-order valence-corrected chi connectivity index (χ3v) is 8.08. The molecule has 0 saturated carbocycles. The van der Waals surface area contributed by atoms with E-state index in [9.17, 15) is 19.1 Å². The molecule has 2 N–H and O–H groups in total. The summed E-state index contributed by atoms with van der Waals surface area (Å²) in [7, 11) is 0. The van der Waals surface area contributed by atoms with Crippen molar-refractivity contribution in [2.45, 2.75) is 43.6 Å². The maximum Gasteiger partial charge on any atom is 0.326 e. The maximum atomic E-state index is 13.7. The van der Waals surface area contributed by atoms with Crippen LogP contribution in [-0.2, 0) is 27.3 Å². The van der Waals surface area contributed by atoms with Gasteiger partial charge in [-0.3, -0.25) is 4.79 Å². The highest BCUT2D eigenvalue weighted by atomic mass is 32.2. The number of carbonyl (C=O) groups is 2. The molecule has 1 aromatic carbocycles. The molecule has 206 valence electrons. The zero-order valence-corrected chi connectivity index (χ0v) is 23.1. The van der Waals surface area contributed by atoms with Crippen molar-refractivity contribution in [1.82, 2.24) is 19.9 Å². The van der Waals surface area contributed by atoms with Crippen LogP contribution in [0.2, 0.25) is 0 Å². The number of hydrogen-bond acceptors (Lipinski definition) is 7.